The predicted octanol–water partition coefficient (Wildman–Crippen LogP) is 3.51. The van der Waals surface area contributed by atoms with Crippen LogP contribution in [0, 0.1) is 0 Å². The van der Waals surface area contributed by atoms with E-state index in [0.29, 0.717) is 17.2 Å². The summed E-state index contributed by atoms with van der Waals surface area (Å²) in [4.78, 5) is 19.3. The second-order valence-electron chi connectivity index (χ2n) is 7.80. The standard InChI is InChI=1S/C20H31ClN4O2/c1-23(2)17-9-8-14(21)12-16(17)22-20(26)24(3)18-6-5-7-19(18)25-11-10-15(13-25)27-4/h8-9,12,15,18-19H,5-7,10-11,13H2,1-4H3,(H,22,26)/t15?,18-,19+/m1/s1. The Kier molecular flexibility index (Phi) is 6.50. The fraction of sp³-hybridized carbons (Fsp3) is 0.650. The number of methoxy groups -OCH3 is 1. The third-order valence-corrected chi connectivity index (χ3v) is 6.16. The molecule has 3 rings (SSSR count). The van der Waals surface area contributed by atoms with Crippen molar-refractivity contribution in [1.29, 1.82) is 0 Å². The third-order valence-electron chi connectivity index (χ3n) is 5.92. The first kappa shape index (κ1) is 20.2. The smallest absolute Gasteiger partial charge is 0.321 e. The summed E-state index contributed by atoms with van der Waals surface area (Å²) in [5.41, 5.74) is 1.67. The van der Waals surface area contributed by atoms with Gasteiger partial charge in [-0.1, -0.05) is 11.6 Å². The molecule has 1 unspecified atom stereocenters. The van der Waals surface area contributed by atoms with Crippen molar-refractivity contribution < 1.29 is 9.53 Å². The monoisotopic (exact) mass is 394 g/mol. The minimum Gasteiger partial charge on any atom is -0.380 e. The zero-order valence-corrected chi connectivity index (χ0v) is 17.5. The Morgan fingerprint density at radius 1 is 1.26 bits per heavy atom. The van der Waals surface area contributed by atoms with Gasteiger partial charge in [-0.2, -0.15) is 0 Å². The summed E-state index contributed by atoms with van der Waals surface area (Å²) in [6.45, 7) is 2.01. The normalized spacial score (nSPS) is 25.6. The van der Waals surface area contributed by atoms with Crippen molar-refractivity contribution in [1.82, 2.24) is 9.80 Å². The summed E-state index contributed by atoms with van der Waals surface area (Å²) >= 11 is 6.15. The molecule has 1 aromatic rings. The maximum absolute atomic E-state index is 13.0. The number of hydrogen-bond donors (Lipinski definition) is 1. The summed E-state index contributed by atoms with van der Waals surface area (Å²) in [6, 6.07) is 6.11. The maximum atomic E-state index is 13.0. The van der Waals surface area contributed by atoms with Gasteiger partial charge in [0.05, 0.1) is 17.5 Å². The van der Waals surface area contributed by atoms with Gasteiger partial charge in [-0.3, -0.25) is 4.90 Å². The van der Waals surface area contributed by atoms with Gasteiger partial charge in [0.15, 0.2) is 0 Å². The largest absolute Gasteiger partial charge is 0.380 e. The van der Waals surface area contributed by atoms with E-state index in [1.807, 2.05) is 43.1 Å². The van der Waals surface area contributed by atoms with Crippen molar-refractivity contribution in [2.45, 2.75) is 43.9 Å². The topological polar surface area (TPSA) is 48.1 Å². The molecule has 150 valence electrons. The van der Waals surface area contributed by atoms with Crippen molar-refractivity contribution in [3.05, 3.63) is 23.2 Å². The van der Waals surface area contributed by atoms with Gasteiger partial charge >= 0.3 is 6.03 Å². The molecule has 1 saturated carbocycles. The van der Waals surface area contributed by atoms with Crippen LogP contribution in [0.3, 0.4) is 0 Å². The molecule has 7 heteroatoms. The summed E-state index contributed by atoms with van der Waals surface area (Å²) < 4.78 is 5.52. The van der Waals surface area contributed by atoms with E-state index >= 15 is 0 Å². The molecule has 1 N–H and O–H groups in total. The lowest BCUT2D eigenvalue weighted by Gasteiger charge is -2.35. The second kappa shape index (κ2) is 8.67. The Morgan fingerprint density at radius 3 is 2.70 bits per heavy atom. The molecule has 1 aliphatic carbocycles. The van der Waals surface area contributed by atoms with Crippen LogP contribution in [0.2, 0.25) is 5.02 Å². The number of urea groups is 1. The van der Waals surface area contributed by atoms with Gasteiger partial charge < -0.3 is 19.9 Å². The van der Waals surface area contributed by atoms with Crippen molar-refractivity contribution >= 4 is 29.0 Å². The van der Waals surface area contributed by atoms with Crippen molar-refractivity contribution in [2.75, 3.05) is 51.6 Å². The number of anilines is 2. The Balaban J connectivity index is 1.69. The molecule has 6 nitrogen and oxygen atoms in total. The molecule has 1 aromatic carbocycles. The lowest BCUT2D eigenvalue weighted by Crippen LogP contribution is -2.50. The molecule has 0 aromatic heterocycles. The Morgan fingerprint density at radius 2 is 2.04 bits per heavy atom. The number of halogens is 1. The van der Waals surface area contributed by atoms with E-state index in [0.717, 1.165) is 50.1 Å². The number of carbonyl (C=O) groups excluding carboxylic acids is 1. The molecule has 0 spiro atoms. The van der Waals surface area contributed by atoms with Crippen LogP contribution in [0.25, 0.3) is 0 Å². The molecule has 1 heterocycles. The predicted molar refractivity (Wildman–Crippen MR) is 111 cm³/mol. The first-order valence-corrected chi connectivity index (χ1v) is 10.1. The molecule has 2 amide bonds. The van der Waals surface area contributed by atoms with Gasteiger partial charge in [-0.25, -0.2) is 4.79 Å². The van der Waals surface area contributed by atoms with E-state index < -0.39 is 0 Å². The Bertz CT molecular complexity index is 669. The van der Waals surface area contributed by atoms with E-state index in [1.165, 1.54) is 0 Å². The van der Waals surface area contributed by atoms with Gasteiger partial charge in [-0.15, -0.1) is 0 Å². The van der Waals surface area contributed by atoms with Crippen LogP contribution < -0.4 is 10.2 Å². The number of nitrogens with zero attached hydrogens (tertiary/aromatic N) is 3. The van der Waals surface area contributed by atoms with Crippen LogP contribution in [-0.4, -0.2) is 75.4 Å². The molecule has 1 aliphatic heterocycles. The van der Waals surface area contributed by atoms with E-state index in [4.69, 9.17) is 16.3 Å². The van der Waals surface area contributed by atoms with Crippen LogP contribution in [-0.2, 0) is 4.74 Å². The van der Waals surface area contributed by atoms with Gasteiger partial charge in [0.25, 0.3) is 0 Å². The van der Waals surface area contributed by atoms with Crippen LogP contribution in [0.4, 0.5) is 16.2 Å². The minimum atomic E-state index is -0.0836. The molecule has 27 heavy (non-hydrogen) atoms. The highest BCUT2D eigenvalue weighted by molar-refractivity contribution is 6.31. The SMILES string of the molecule is COC1CCN([C@H]2CCC[C@H]2N(C)C(=O)Nc2cc(Cl)ccc2N(C)C)C1. The Labute approximate surface area is 167 Å². The van der Waals surface area contributed by atoms with Crippen molar-refractivity contribution in [3.63, 3.8) is 0 Å². The number of ether oxygens (including phenoxy) is 1. The van der Waals surface area contributed by atoms with Crippen LogP contribution in [0.1, 0.15) is 25.7 Å². The summed E-state index contributed by atoms with van der Waals surface area (Å²) in [7, 11) is 7.60. The number of rotatable bonds is 5. The number of likely N-dealkylation sites (N-methyl/N-ethyl adjacent to an activating group) is 1. The minimum absolute atomic E-state index is 0.0836. The molecule has 3 atom stereocenters. The molecule has 2 fully saturated rings. The van der Waals surface area contributed by atoms with E-state index in [2.05, 4.69) is 10.2 Å². The first-order valence-electron chi connectivity index (χ1n) is 9.68. The zero-order chi connectivity index (χ0) is 19.6. The molecule has 1 saturated heterocycles. The van der Waals surface area contributed by atoms with Crippen LogP contribution in [0.15, 0.2) is 18.2 Å². The number of amides is 2. The summed E-state index contributed by atoms with van der Waals surface area (Å²) in [6.07, 6.45) is 4.72. The Hall–Kier alpha value is -1.50. The average molecular weight is 395 g/mol. The van der Waals surface area contributed by atoms with Gasteiger partial charge in [-0.05, 0) is 43.9 Å². The number of hydrogen-bond acceptors (Lipinski definition) is 4. The molecule has 0 bridgehead atoms. The molecular weight excluding hydrogens is 364 g/mol. The lowest BCUT2D eigenvalue weighted by molar-refractivity contribution is 0.0907. The fourth-order valence-corrected chi connectivity index (χ4v) is 4.57. The van der Waals surface area contributed by atoms with Crippen LogP contribution >= 0.6 is 11.6 Å². The average Bonchev–Trinajstić information content (AvgIpc) is 3.29. The highest BCUT2D eigenvalue weighted by Gasteiger charge is 2.39. The number of carbonyl (C=O) groups is 1. The van der Waals surface area contributed by atoms with Gasteiger partial charge in [0.1, 0.15) is 0 Å². The van der Waals surface area contributed by atoms with E-state index in [1.54, 1.807) is 13.2 Å². The zero-order valence-electron chi connectivity index (χ0n) is 16.7. The van der Waals surface area contributed by atoms with Crippen molar-refractivity contribution in [3.8, 4) is 0 Å². The number of benzene rings is 1. The quantitative estimate of drug-likeness (QED) is 0.830. The highest BCUT2D eigenvalue weighted by atomic mass is 35.5. The van der Waals surface area contributed by atoms with E-state index in [9.17, 15) is 4.79 Å². The van der Waals surface area contributed by atoms with Gasteiger partial charge in [0.2, 0.25) is 0 Å². The fourth-order valence-electron chi connectivity index (χ4n) is 4.40. The third kappa shape index (κ3) is 4.50. The lowest BCUT2D eigenvalue weighted by atomic mass is 10.1. The molecule has 0 radical (unpaired) electrons. The van der Waals surface area contributed by atoms with Crippen LogP contribution in [0.5, 0.6) is 0 Å². The summed E-state index contributed by atoms with van der Waals surface area (Å²) in [5.74, 6) is 0. The summed E-state index contributed by atoms with van der Waals surface area (Å²) in [5, 5.41) is 3.67. The van der Waals surface area contributed by atoms with E-state index in [-0.39, 0.29) is 12.1 Å². The second-order valence-corrected chi connectivity index (χ2v) is 8.24. The molecule has 2 aliphatic rings. The molecular formula is C20H31ClN4O2. The van der Waals surface area contributed by atoms with Crippen molar-refractivity contribution in [2.24, 2.45) is 0 Å². The number of likely N-dealkylation sites (tertiary alicyclic amines) is 1. The number of nitrogens with one attached hydrogen (secondary N) is 1. The van der Waals surface area contributed by atoms with Gasteiger partial charge in [0, 0.05) is 58.4 Å². The highest BCUT2D eigenvalue weighted by Crippen LogP contribution is 2.32. The first-order chi connectivity index (χ1) is 12.9. The maximum Gasteiger partial charge on any atom is 0.321 e.